The molecule has 1 nitrogen and oxygen atoms in total. The number of allylic oxidation sites excluding steroid dienone is 2. The number of aryl methyl sites for hydroxylation is 2. The Balaban J connectivity index is 1.99. The summed E-state index contributed by atoms with van der Waals surface area (Å²) in [5, 5.41) is 0.466. The second kappa shape index (κ2) is 6.16. The molecule has 0 amide bonds. The number of hydrogen-bond acceptors (Lipinski definition) is 1. The van der Waals surface area contributed by atoms with E-state index in [4.69, 9.17) is 0 Å². The first-order chi connectivity index (χ1) is 14.5. The number of halogens is 6. The van der Waals surface area contributed by atoms with Crippen LogP contribution in [0.2, 0.25) is 0 Å². The Morgan fingerprint density at radius 3 is 2.06 bits per heavy atom. The van der Waals surface area contributed by atoms with E-state index in [0.29, 0.717) is 10.2 Å². The van der Waals surface area contributed by atoms with Gasteiger partial charge < -0.3 is 4.57 Å². The smallest absolute Gasteiger partial charge is 0.350 e. The van der Waals surface area contributed by atoms with Crippen molar-refractivity contribution in [3.63, 3.8) is 0 Å². The molecule has 1 aliphatic rings. The van der Waals surface area contributed by atoms with Crippen molar-refractivity contribution in [1.82, 2.24) is 4.57 Å². The summed E-state index contributed by atoms with van der Waals surface area (Å²) in [7, 11) is 1.56. The van der Waals surface area contributed by atoms with Crippen molar-refractivity contribution in [2.45, 2.75) is 24.7 Å². The summed E-state index contributed by atoms with van der Waals surface area (Å²) < 4.78 is 92.2. The van der Waals surface area contributed by atoms with E-state index in [0.717, 1.165) is 11.3 Å². The third-order valence-corrected chi connectivity index (χ3v) is 6.94. The first kappa shape index (κ1) is 20.2. The molecule has 5 rings (SSSR count). The van der Waals surface area contributed by atoms with Gasteiger partial charge in [-0.05, 0) is 19.1 Å². The molecular formula is C23H15F6NS. The Hall–Kier alpha value is -2.74. The van der Waals surface area contributed by atoms with Gasteiger partial charge in [-0.25, -0.2) is 0 Å². The summed E-state index contributed by atoms with van der Waals surface area (Å²) in [5.74, 6) is -15.7. The van der Waals surface area contributed by atoms with E-state index in [-0.39, 0.29) is 26.8 Å². The number of rotatable bonds is 2. The average Bonchev–Trinajstić information content (AvgIpc) is 3.24. The Bertz CT molecular complexity index is 1390. The van der Waals surface area contributed by atoms with Crippen LogP contribution < -0.4 is 0 Å². The number of para-hydroxylation sites is 1. The summed E-state index contributed by atoms with van der Waals surface area (Å²) >= 11 is 1.11. The van der Waals surface area contributed by atoms with Gasteiger partial charge in [0.2, 0.25) is 0 Å². The Morgan fingerprint density at radius 1 is 0.774 bits per heavy atom. The van der Waals surface area contributed by atoms with Crippen molar-refractivity contribution >= 4 is 43.5 Å². The lowest BCUT2D eigenvalue weighted by atomic mass is 9.93. The molecule has 0 aliphatic heterocycles. The molecule has 0 N–H and O–H groups in total. The van der Waals surface area contributed by atoms with Crippen LogP contribution >= 0.6 is 11.3 Å². The summed E-state index contributed by atoms with van der Waals surface area (Å²) in [6.07, 6.45) is 1.22. The molecule has 0 saturated carbocycles. The van der Waals surface area contributed by atoms with Crippen LogP contribution in [0.25, 0.3) is 32.1 Å². The van der Waals surface area contributed by atoms with Gasteiger partial charge in [0, 0.05) is 61.4 Å². The first-order valence-corrected chi connectivity index (χ1v) is 10.2. The zero-order valence-corrected chi connectivity index (χ0v) is 17.1. The molecule has 0 bridgehead atoms. The average molecular weight is 451 g/mol. The van der Waals surface area contributed by atoms with E-state index in [1.165, 1.54) is 29.8 Å². The highest BCUT2D eigenvalue weighted by Gasteiger charge is 2.80. The molecule has 2 aromatic heterocycles. The molecule has 0 radical (unpaired) electrons. The zero-order valence-electron chi connectivity index (χ0n) is 16.3. The first-order valence-electron chi connectivity index (χ1n) is 9.41. The highest BCUT2D eigenvalue weighted by atomic mass is 32.1. The molecule has 31 heavy (non-hydrogen) atoms. The monoisotopic (exact) mass is 451 g/mol. The maximum Gasteiger partial charge on any atom is 0.380 e. The number of thiophene rings is 1. The van der Waals surface area contributed by atoms with Crippen LogP contribution in [0.5, 0.6) is 0 Å². The number of aromatic nitrogens is 1. The summed E-state index contributed by atoms with van der Waals surface area (Å²) in [6, 6.07) is 12.7. The largest absolute Gasteiger partial charge is 0.380 e. The van der Waals surface area contributed by atoms with Crippen molar-refractivity contribution in [3.8, 4) is 0 Å². The van der Waals surface area contributed by atoms with Gasteiger partial charge in [-0.15, -0.1) is 11.3 Å². The van der Waals surface area contributed by atoms with Crippen molar-refractivity contribution in [1.29, 1.82) is 0 Å². The molecule has 1 aliphatic carbocycles. The van der Waals surface area contributed by atoms with Crippen LogP contribution in [0, 0.1) is 6.92 Å². The zero-order chi connectivity index (χ0) is 22.3. The van der Waals surface area contributed by atoms with Gasteiger partial charge in [0.15, 0.2) is 0 Å². The van der Waals surface area contributed by atoms with Crippen LogP contribution in [0.15, 0.2) is 54.7 Å². The maximum atomic E-state index is 15.2. The predicted molar refractivity (Wildman–Crippen MR) is 111 cm³/mol. The van der Waals surface area contributed by atoms with Crippen LogP contribution in [-0.2, 0) is 7.05 Å². The minimum absolute atomic E-state index is 0.211. The van der Waals surface area contributed by atoms with Crippen LogP contribution in [0.3, 0.4) is 0 Å². The summed E-state index contributed by atoms with van der Waals surface area (Å²) in [4.78, 5) is 0.280. The Labute approximate surface area is 177 Å². The number of fused-ring (bicyclic) bond motifs is 2. The van der Waals surface area contributed by atoms with Gasteiger partial charge in [-0.2, -0.15) is 26.3 Å². The van der Waals surface area contributed by atoms with Crippen LogP contribution in [0.4, 0.5) is 26.3 Å². The normalized spacial score (nSPS) is 19.6. The molecule has 8 heteroatoms. The number of nitrogens with zero attached hydrogens (tertiary/aromatic N) is 1. The van der Waals surface area contributed by atoms with E-state index < -0.39 is 28.9 Å². The van der Waals surface area contributed by atoms with Gasteiger partial charge >= 0.3 is 17.8 Å². The predicted octanol–water partition coefficient (Wildman–Crippen LogP) is 7.53. The molecule has 0 spiro atoms. The van der Waals surface area contributed by atoms with E-state index in [2.05, 4.69) is 0 Å². The molecule has 2 heterocycles. The number of benzene rings is 2. The minimum Gasteiger partial charge on any atom is -0.350 e. The fourth-order valence-corrected chi connectivity index (χ4v) is 5.50. The van der Waals surface area contributed by atoms with Crippen molar-refractivity contribution in [3.05, 3.63) is 70.7 Å². The third-order valence-electron chi connectivity index (χ3n) is 5.85. The van der Waals surface area contributed by atoms with E-state index in [9.17, 15) is 8.78 Å². The topological polar surface area (TPSA) is 4.93 Å². The van der Waals surface area contributed by atoms with Gasteiger partial charge in [0.25, 0.3) is 0 Å². The molecule has 160 valence electrons. The van der Waals surface area contributed by atoms with Crippen molar-refractivity contribution < 1.29 is 26.3 Å². The van der Waals surface area contributed by atoms with E-state index in [1.54, 1.807) is 43.4 Å². The van der Waals surface area contributed by atoms with Gasteiger partial charge in [-0.3, -0.25) is 0 Å². The molecule has 4 aromatic rings. The Kier molecular flexibility index (Phi) is 4.01. The molecule has 0 saturated heterocycles. The van der Waals surface area contributed by atoms with Gasteiger partial charge in [0.05, 0.1) is 0 Å². The molecular weight excluding hydrogens is 436 g/mol. The van der Waals surface area contributed by atoms with E-state index >= 15 is 17.6 Å². The fourth-order valence-electron chi connectivity index (χ4n) is 4.43. The summed E-state index contributed by atoms with van der Waals surface area (Å²) in [6.45, 7) is 1.48. The highest BCUT2D eigenvalue weighted by molar-refractivity contribution is 7.19. The lowest BCUT2D eigenvalue weighted by molar-refractivity contribution is -0.254. The third kappa shape index (κ3) is 2.39. The second-order valence-electron chi connectivity index (χ2n) is 7.67. The lowest BCUT2D eigenvalue weighted by Gasteiger charge is -2.25. The lowest BCUT2D eigenvalue weighted by Crippen LogP contribution is -2.48. The molecule has 0 fully saturated rings. The van der Waals surface area contributed by atoms with Crippen molar-refractivity contribution in [2.24, 2.45) is 7.05 Å². The molecule has 0 atom stereocenters. The van der Waals surface area contributed by atoms with Crippen molar-refractivity contribution in [2.75, 3.05) is 0 Å². The Morgan fingerprint density at radius 2 is 1.35 bits per heavy atom. The SMILES string of the molecule is Cc1sc2ccccc2c1C1=C(c2cn(C)c3ccccc23)C(F)(F)C(F)(F)C1(F)F. The van der Waals surface area contributed by atoms with Gasteiger partial charge in [0.1, 0.15) is 0 Å². The number of hydrogen-bond donors (Lipinski definition) is 0. The van der Waals surface area contributed by atoms with E-state index in [1.807, 2.05) is 0 Å². The van der Waals surface area contributed by atoms with Crippen LogP contribution in [0.1, 0.15) is 16.0 Å². The molecule has 0 unspecified atom stereocenters. The highest BCUT2D eigenvalue weighted by Crippen LogP contribution is 2.66. The number of alkyl halides is 6. The quantitative estimate of drug-likeness (QED) is 0.278. The van der Waals surface area contributed by atoms with Crippen LogP contribution in [-0.4, -0.2) is 22.3 Å². The second-order valence-corrected chi connectivity index (χ2v) is 8.93. The minimum atomic E-state index is -5.57. The molecule has 2 aromatic carbocycles. The fraction of sp³-hybridized carbons (Fsp3) is 0.217. The summed E-state index contributed by atoms with van der Waals surface area (Å²) in [5.41, 5.74) is -2.69. The maximum absolute atomic E-state index is 15.2. The van der Waals surface area contributed by atoms with Gasteiger partial charge in [-0.1, -0.05) is 36.4 Å². The standard InChI is InChI=1S/C23H15F6NS/c1-12-18(14-8-4-6-10-17(14)31-12)20-19(21(24,25)23(28,29)22(20,26)27)15-11-30(2)16-9-5-3-7-13(15)16/h3-11H,1-2H3.